The molecule has 0 aliphatic heterocycles. The number of aromatic nitrogens is 2. The first-order valence-electron chi connectivity index (χ1n) is 6.08. The second-order valence-electron chi connectivity index (χ2n) is 5.27. The van der Waals surface area contributed by atoms with Crippen LogP contribution in [0.4, 0.5) is 0 Å². The highest BCUT2D eigenvalue weighted by atomic mass is 16.5. The average Bonchev–Trinajstić information content (AvgIpc) is 2.70. The summed E-state index contributed by atoms with van der Waals surface area (Å²) in [5.74, 6) is -0.321. The van der Waals surface area contributed by atoms with Crippen LogP contribution in [0, 0.1) is 0 Å². The van der Waals surface area contributed by atoms with Gasteiger partial charge >= 0.3 is 5.97 Å². The van der Waals surface area contributed by atoms with Crippen molar-refractivity contribution in [3.8, 4) is 0 Å². The molecule has 0 atom stereocenters. The van der Waals surface area contributed by atoms with Gasteiger partial charge in [-0.3, -0.25) is 0 Å². The van der Waals surface area contributed by atoms with Gasteiger partial charge in [-0.1, -0.05) is 20.8 Å². The molecule has 0 saturated heterocycles. The van der Waals surface area contributed by atoms with Gasteiger partial charge in [-0.2, -0.15) is 5.10 Å². The van der Waals surface area contributed by atoms with E-state index >= 15 is 0 Å². The van der Waals surface area contributed by atoms with Gasteiger partial charge in [-0.05, 0) is 30.0 Å². The summed E-state index contributed by atoms with van der Waals surface area (Å²) in [4.78, 5) is 11.8. The summed E-state index contributed by atoms with van der Waals surface area (Å²) < 4.78 is 6.72. The van der Waals surface area contributed by atoms with Gasteiger partial charge in [0.1, 0.15) is 5.56 Å². The normalized spacial score (nSPS) is 11.8. The number of carbonyl (C=O) groups excluding carboxylic acids is 1. The highest BCUT2D eigenvalue weighted by Gasteiger charge is 2.18. The molecule has 2 heterocycles. The molecule has 0 aliphatic rings. The second kappa shape index (κ2) is 4.44. The van der Waals surface area contributed by atoms with E-state index in [4.69, 9.17) is 4.74 Å². The Hall–Kier alpha value is -1.84. The van der Waals surface area contributed by atoms with Crippen LogP contribution in [-0.2, 0) is 10.2 Å². The first-order valence-corrected chi connectivity index (χ1v) is 6.08. The van der Waals surface area contributed by atoms with E-state index < -0.39 is 0 Å². The number of nitrogens with zero attached hydrogens (tertiary/aromatic N) is 2. The Labute approximate surface area is 107 Å². The fourth-order valence-electron chi connectivity index (χ4n) is 1.81. The van der Waals surface area contributed by atoms with E-state index in [0.717, 1.165) is 5.52 Å². The van der Waals surface area contributed by atoms with Crippen LogP contribution in [0.2, 0.25) is 0 Å². The smallest absolute Gasteiger partial charge is 0.341 e. The zero-order valence-electron chi connectivity index (χ0n) is 11.2. The van der Waals surface area contributed by atoms with Crippen molar-refractivity contribution in [1.29, 1.82) is 0 Å². The molecule has 96 valence electrons. The lowest BCUT2D eigenvalue weighted by Crippen LogP contribution is -2.12. The molecule has 0 fully saturated rings. The summed E-state index contributed by atoms with van der Waals surface area (Å²) in [6.07, 6.45) is 3.43. The lowest BCUT2D eigenvalue weighted by molar-refractivity contribution is 0.0528. The SMILES string of the molecule is CCOC(=O)c1cnn2ccc(C(C)(C)C)cc12. The van der Waals surface area contributed by atoms with Gasteiger partial charge in [-0.15, -0.1) is 0 Å². The van der Waals surface area contributed by atoms with Crippen LogP contribution in [0.1, 0.15) is 43.6 Å². The van der Waals surface area contributed by atoms with Crippen molar-refractivity contribution < 1.29 is 9.53 Å². The van der Waals surface area contributed by atoms with Crippen LogP contribution in [0.25, 0.3) is 5.52 Å². The monoisotopic (exact) mass is 246 g/mol. The van der Waals surface area contributed by atoms with Crippen molar-refractivity contribution in [2.75, 3.05) is 6.61 Å². The minimum absolute atomic E-state index is 0.0396. The molecule has 0 bridgehead atoms. The highest BCUT2D eigenvalue weighted by Crippen LogP contribution is 2.24. The number of fused-ring (bicyclic) bond motifs is 1. The summed E-state index contributed by atoms with van der Waals surface area (Å²) in [6.45, 7) is 8.58. The van der Waals surface area contributed by atoms with E-state index in [-0.39, 0.29) is 11.4 Å². The fraction of sp³-hybridized carbons (Fsp3) is 0.429. The summed E-state index contributed by atoms with van der Waals surface area (Å²) >= 11 is 0. The molecule has 0 radical (unpaired) electrons. The lowest BCUT2D eigenvalue weighted by atomic mass is 9.87. The van der Waals surface area contributed by atoms with Gasteiger partial charge < -0.3 is 4.74 Å². The summed E-state index contributed by atoms with van der Waals surface area (Å²) in [5, 5.41) is 4.16. The van der Waals surface area contributed by atoms with Crippen LogP contribution >= 0.6 is 0 Å². The third-order valence-corrected chi connectivity index (χ3v) is 2.88. The van der Waals surface area contributed by atoms with E-state index in [1.807, 2.05) is 18.3 Å². The molecule has 0 N–H and O–H groups in total. The Kier molecular flexibility index (Phi) is 3.11. The fourth-order valence-corrected chi connectivity index (χ4v) is 1.81. The van der Waals surface area contributed by atoms with Crippen molar-refractivity contribution in [3.63, 3.8) is 0 Å². The van der Waals surface area contributed by atoms with Crippen LogP contribution in [0.5, 0.6) is 0 Å². The summed E-state index contributed by atoms with van der Waals surface area (Å²) in [7, 11) is 0. The molecule has 2 rings (SSSR count). The van der Waals surface area contributed by atoms with Gasteiger partial charge in [0.25, 0.3) is 0 Å². The highest BCUT2D eigenvalue weighted by molar-refractivity contribution is 5.96. The minimum atomic E-state index is -0.321. The molecule has 4 heteroatoms. The van der Waals surface area contributed by atoms with Gasteiger partial charge in [0, 0.05) is 6.20 Å². The molecular weight excluding hydrogens is 228 g/mol. The molecule has 0 aromatic carbocycles. The maximum Gasteiger partial charge on any atom is 0.341 e. The zero-order valence-corrected chi connectivity index (χ0v) is 11.2. The Morgan fingerprint density at radius 1 is 1.44 bits per heavy atom. The number of hydrogen-bond acceptors (Lipinski definition) is 3. The third-order valence-electron chi connectivity index (χ3n) is 2.88. The van der Waals surface area contributed by atoms with Gasteiger partial charge in [0.05, 0.1) is 18.3 Å². The lowest BCUT2D eigenvalue weighted by Gasteiger charge is -2.19. The van der Waals surface area contributed by atoms with Crippen LogP contribution in [0.15, 0.2) is 24.5 Å². The Morgan fingerprint density at radius 2 is 2.17 bits per heavy atom. The minimum Gasteiger partial charge on any atom is -0.462 e. The Morgan fingerprint density at radius 3 is 2.78 bits per heavy atom. The second-order valence-corrected chi connectivity index (χ2v) is 5.27. The molecule has 18 heavy (non-hydrogen) atoms. The molecule has 0 aliphatic carbocycles. The van der Waals surface area contributed by atoms with E-state index in [1.54, 1.807) is 17.6 Å². The Bertz CT molecular complexity index is 579. The molecule has 0 saturated carbocycles. The van der Waals surface area contributed by atoms with Gasteiger partial charge in [0.2, 0.25) is 0 Å². The number of esters is 1. The molecule has 0 spiro atoms. The van der Waals surface area contributed by atoms with E-state index in [1.165, 1.54) is 5.56 Å². The number of rotatable bonds is 2. The van der Waals surface area contributed by atoms with Crippen LogP contribution in [-0.4, -0.2) is 22.2 Å². The van der Waals surface area contributed by atoms with Crippen molar-refractivity contribution in [3.05, 3.63) is 35.7 Å². The molecular formula is C14H18N2O2. The Balaban J connectivity index is 2.53. The third kappa shape index (κ3) is 2.23. The largest absolute Gasteiger partial charge is 0.462 e. The van der Waals surface area contributed by atoms with E-state index in [9.17, 15) is 4.79 Å². The van der Waals surface area contributed by atoms with Crippen molar-refractivity contribution >= 4 is 11.5 Å². The van der Waals surface area contributed by atoms with Crippen LogP contribution < -0.4 is 0 Å². The quantitative estimate of drug-likeness (QED) is 0.765. The number of hydrogen-bond donors (Lipinski definition) is 0. The molecule has 0 unspecified atom stereocenters. The maximum atomic E-state index is 11.8. The van der Waals surface area contributed by atoms with Gasteiger partial charge in [-0.25, -0.2) is 9.31 Å². The predicted octanol–water partition coefficient (Wildman–Crippen LogP) is 2.81. The van der Waals surface area contributed by atoms with Gasteiger partial charge in [0.15, 0.2) is 0 Å². The predicted molar refractivity (Wildman–Crippen MR) is 69.8 cm³/mol. The molecule has 4 nitrogen and oxygen atoms in total. The molecule has 0 amide bonds. The van der Waals surface area contributed by atoms with Crippen LogP contribution in [0.3, 0.4) is 0 Å². The zero-order chi connectivity index (χ0) is 13.3. The average molecular weight is 246 g/mol. The first kappa shape index (κ1) is 12.6. The number of carbonyl (C=O) groups is 1. The van der Waals surface area contributed by atoms with E-state index in [0.29, 0.717) is 12.2 Å². The summed E-state index contributed by atoms with van der Waals surface area (Å²) in [5.41, 5.74) is 2.52. The number of pyridine rings is 1. The summed E-state index contributed by atoms with van der Waals surface area (Å²) in [6, 6.07) is 4.02. The topological polar surface area (TPSA) is 43.6 Å². The van der Waals surface area contributed by atoms with Crippen molar-refractivity contribution in [2.45, 2.75) is 33.1 Å². The standard InChI is InChI=1S/C14H18N2O2/c1-5-18-13(17)11-9-15-16-7-6-10(8-12(11)16)14(2,3)4/h6-9H,5H2,1-4H3. The first-order chi connectivity index (χ1) is 8.43. The molecule has 2 aromatic rings. The van der Waals surface area contributed by atoms with Crippen molar-refractivity contribution in [1.82, 2.24) is 9.61 Å². The van der Waals surface area contributed by atoms with E-state index in [2.05, 4.69) is 25.9 Å². The molecule has 2 aromatic heterocycles. The number of ether oxygens (including phenoxy) is 1. The maximum absolute atomic E-state index is 11.8. The van der Waals surface area contributed by atoms with Crippen molar-refractivity contribution in [2.24, 2.45) is 0 Å².